The number of nitro groups is 1. The van der Waals surface area contributed by atoms with Gasteiger partial charge in [0.25, 0.3) is 0 Å². The average Bonchev–Trinajstić information content (AvgIpc) is 2.42. The van der Waals surface area contributed by atoms with Crippen molar-refractivity contribution < 1.29 is 14.8 Å². The number of nitrogens with two attached hydrogens (primary N) is 1. The van der Waals surface area contributed by atoms with Crippen LogP contribution < -0.4 is 16.0 Å². The molecular weight excluding hydrogens is 304 g/mol. The molecule has 0 amide bonds. The van der Waals surface area contributed by atoms with Crippen LogP contribution in [0.5, 0.6) is 0 Å². The molecule has 126 valence electrons. The molecule has 1 aliphatic heterocycles. The third-order valence-electron chi connectivity index (χ3n) is 3.64. The van der Waals surface area contributed by atoms with Crippen molar-refractivity contribution in [1.82, 2.24) is 9.97 Å². The second kappa shape index (κ2) is 6.63. The van der Waals surface area contributed by atoms with Crippen LogP contribution >= 0.6 is 0 Å². The molecule has 2 heterocycles. The smallest absolute Gasteiger partial charge is 0.353 e. The lowest BCUT2D eigenvalue weighted by molar-refractivity contribution is -0.383. The van der Waals surface area contributed by atoms with Crippen LogP contribution in [0.3, 0.4) is 0 Å². The van der Waals surface area contributed by atoms with E-state index in [1.165, 1.54) is 0 Å². The van der Waals surface area contributed by atoms with Crippen LogP contribution in [0.4, 0.5) is 23.3 Å². The standard InChI is InChI=1S/C13H20N6O4/c1-7-3-8(2)6-18(5-7)12-10(19(22)23)11(14)16-13(17-12)15-4-9(20)21/h7-8H,3-6H2,1-2H3,(H,20,21)(H3,14,15,16,17)/t7-,8-/m0/s1. The molecule has 0 radical (unpaired) electrons. The zero-order chi connectivity index (χ0) is 17.1. The van der Waals surface area contributed by atoms with Crippen LogP contribution in [0.1, 0.15) is 20.3 Å². The van der Waals surface area contributed by atoms with Crippen molar-refractivity contribution in [2.45, 2.75) is 20.3 Å². The lowest BCUT2D eigenvalue weighted by Gasteiger charge is -2.35. The number of nitrogens with zero attached hydrogens (tertiary/aromatic N) is 4. The fourth-order valence-electron chi connectivity index (χ4n) is 2.93. The molecule has 1 saturated heterocycles. The quantitative estimate of drug-likeness (QED) is 0.531. The number of carbonyl (C=O) groups is 1. The van der Waals surface area contributed by atoms with E-state index in [9.17, 15) is 14.9 Å². The maximum Gasteiger partial charge on any atom is 0.353 e. The van der Waals surface area contributed by atoms with Crippen molar-refractivity contribution in [3.63, 3.8) is 0 Å². The van der Waals surface area contributed by atoms with Crippen molar-refractivity contribution >= 4 is 29.2 Å². The zero-order valence-corrected chi connectivity index (χ0v) is 13.0. The van der Waals surface area contributed by atoms with Crippen LogP contribution in [-0.4, -0.2) is 45.6 Å². The summed E-state index contributed by atoms with van der Waals surface area (Å²) >= 11 is 0. The molecule has 2 atom stereocenters. The Balaban J connectivity index is 2.41. The normalized spacial score (nSPS) is 21.0. The summed E-state index contributed by atoms with van der Waals surface area (Å²) in [4.78, 5) is 31.1. The van der Waals surface area contributed by atoms with E-state index in [4.69, 9.17) is 10.8 Å². The van der Waals surface area contributed by atoms with Gasteiger partial charge in [-0.2, -0.15) is 9.97 Å². The van der Waals surface area contributed by atoms with E-state index < -0.39 is 17.4 Å². The van der Waals surface area contributed by atoms with Crippen molar-refractivity contribution in [1.29, 1.82) is 0 Å². The summed E-state index contributed by atoms with van der Waals surface area (Å²) in [5, 5.41) is 22.5. The Morgan fingerprint density at radius 2 is 2.04 bits per heavy atom. The fourth-order valence-corrected chi connectivity index (χ4v) is 2.93. The number of nitrogen functional groups attached to an aromatic ring is 1. The van der Waals surface area contributed by atoms with Gasteiger partial charge in [-0.1, -0.05) is 13.8 Å². The minimum absolute atomic E-state index is 0.0311. The summed E-state index contributed by atoms with van der Waals surface area (Å²) in [5.74, 6) is -0.536. The van der Waals surface area contributed by atoms with Gasteiger partial charge >= 0.3 is 11.7 Å². The molecule has 10 nitrogen and oxygen atoms in total. The molecule has 1 fully saturated rings. The van der Waals surface area contributed by atoms with Gasteiger partial charge in [0.05, 0.1) is 4.92 Å². The third kappa shape index (κ3) is 3.96. The third-order valence-corrected chi connectivity index (χ3v) is 3.64. The number of piperidine rings is 1. The molecule has 0 saturated carbocycles. The van der Waals surface area contributed by atoms with Crippen molar-refractivity contribution in [3.05, 3.63) is 10.1 Å². The predicted octanol–water partition coefficient (Wildman–Crippen LogP) is 0.946. The van der Waals surface area contributed by atoms with Gasteiger partial charge in [0.2, 0.25) is 17.6 Å². The lowest BCUT2D eigenvalue weighted by atomic mass is 9.92. The van der Waals surface area contributed by atoms with Gasteiger partial charge in [-0.15, -0.1) is 0 Å². The molecule has 4 N–H and O–H groups in total. The van der Waals surface area contributed by atoms with Crippen LogP contribution in [0.2, 0.25) is 0 Å². The molecule has 1 aromatic rings. The summed E-state index contributed by atoms with van der Waals surface area (Å²) in [7, 11) is 0. The summed E-state index contributed by atoms with van der Waals surface area (Å²) in [6.07, 6.45) is 1.04. The van der Waals surface area contributed by atoms with Gasteiger partial charge in [0.1, 0.15) is 6.54 Å². The highest BCUT2D eigenvalue weighted by atomic mass is 16.6. The first-order chi connectivity index (χ1) is 10.8. The van der Waals surface area contributed by atoms with Gasteiger partial charge in [-0.05, 0) is 18.3 Å². The van der Waals surface area contributed by atoms with E-state index in [2.05, 4.69) is 29.1 Å². The summed E-state index contributed by atoms with van der Waals surface area (Å²) < 4.78 is 0. The molecule has 2 rings (SSSR count). The van der Waals surface area contributed by atoms with E-state index in [1.54, 1.807) is 0 Å². The minimum atomic E-state index is -1.09. The highest BCUT2D eigenvalue weighted by molar-refractivity contribution is 5.74. The Hall–Kier alpha value is -2.65. The maximum atomic E-state index is 11.3. The first-order valence-electron chi connectivity index (χ1n) is 7.30. The van der Waals surface area contributed by atoms with Gasteiger partial charge in [0, 0.05) is 13.1 Å². The highest BCUT2D eigenvalue weighted by Crippen LogP contribution is 2.35. The Morgan fingerprint density at radius 1 is 1.43 bits per heavy atom. The van der Waals surface area contributed by atoms with Crippen LogP contribution in [-0.2, 0) is 4.79 Å². The molecule has 0 unspecified atom stereocenters. The summed E-state index contributed by atoms with van der Waals surface area (Å²) in [6, 6.07) is 0. The molecule has 1 aliphatic rings. The second-order valence-corrected chi connectivity index (χ2v) is 5.96. The summed E-state index contributed by atoms with van der Waals surface area (Å²) in [5.41, 5.74) is 5.36. The monoisotopic (exact) mass is 324 g/mol. The number of rotatable bonds is 5. The number of hydrogen-bond donors (Lipinski definition) is 3. The highest BCUT2D eigenvalue weighted by Gasteiger charge is 2.31. The van der Waals surface area contributed by atoms with Crippen LogP contribution in [0.15, 0.2) is 0 Å². The van der Waals surface area contributed by atoms with E-state index in [0.717, 1.165) is 6.42 Å². The van der Waals surface area contributed by atoms with Gasteiger partial charge in [-0.3, -0.25) is 14.9 Å². The molecule has 0 bridgehead atoms. The van der Waals surface area contributed by atoms with E-state index in [1.807, 2.05) is 4.90 Å². The van der Waals surface area contributed by atoms with E-state index in [0.29, 0.717) is 24.9 Å². The number of aliphatic carboxylic acids is 1. The van der Waals surface area contributed by atoms with Crippen LogP contribution in [0, 0.1) is 22.0 Å². The summed E-state index contributed by atoms with van der Waals surface area (Å²) in [6.45, 7) is 4.99. The Kier molecular flexibility index (Phi) is 4.82. The van der Waals surface area contributed by atoms with E-state index >= 15 is 0 Å². The second-order valence-electron chi connectivity index (χ2n) is 5.96. The topological polar surface area (TPSA) is 148 Å². The Bertz CT molecular complexity index is 613. The number of hydrogen-bond acceptors (Lipinski definition) is 8. The van der Waals surface area contributed by atoms with Gasteiger partial charge < -0.3 is 21.1 Å². The Labute approximate surface area is 132 Å². The van der Waals surface area contributed by atoms with Crippen molar-refractivity contribution in [2.75, 3.05) is 35.6 Å². The number of carboxylic acid groups (broad SMARTS) is 1. The first kappa shape index (κ1) is 16.7. The molecule has 0 aliphatic carbocycles. The average molecular weight is 324 g/mol. The van der Waals surface area contributed by atoms with E-state index in [-0.39, 0.29) is 23.3 Å². The lowest BCUT2D eigenvalue weighted by Crippen LogP contribution is -2.39. The molecule has 23 heavy (non-hydrogen) atoms. The molecule has 0 spiro atoms. The zero-order valence-electron chi connectivity index (χ0n) is 13.0. The fraction of sp³-hybridized carbons (Fsp3) is 0.615. The SMILES string of the molecule is C[C@H]1C[C@H](C)CN(c2nc(NCC(=O)O)nc(N)c2[N+](=O)[O-])C1. The molecule has 0 aromatic carbocycles. The number of carboxylic acids is 1. The van der Waals surface area contributed by atoms with Crippen molar-refractivity contribution in [2.24, 2.45) is 11.8 Å². The van der Waals surface area contributed by atoms with Crippen molar-refractivity contribution in [3.8, 4) is 0 Å². The minimum Gasteiger partial charge on any atom is -0.480 e. The first-order valence-corrected chi connectivity index (χ1v) is 7.30. The Morgan fingerprint density at radius 3 is 2.57 bits per heavy atom. The predicted molar refractivity (Wildman–Crippen MR) is 84.4 cm³/mol. The van der Waals surface area contributed by atoms with Crippen LogP contribution in [0.25, 0.3) is 0 Å². The number of aromatic nitrogens is 2. The maximum absolute atomic E-state index is 11.3. The number of anilines is 3. The van der Waals surface area contributed by atoms with Gasteiger partial charge in [-0.25, -0.2) is 0 Å². The molecule has 1 aromatic heterocycles. The number of nitrogens with one attached hydrogen (secondary N) is 1. The molecule has 10 heteroatoms. The molecular formula is C13H20N6O4. The van der Waals surface area contributed by atoms with Gasteiger partial charge in [0.15, 0.2) is 0 Å². The largest absolute Gasteiger partial charge is 0.480 e.